The quantitative estimate of drug-likeness (QED) is 0.255. The van der Waals surface area contributed by atoms with E-state index in [1.54, 1.807) is 41.9 Å². The standard InChI is InChI=1S/C29H29N5O2S/c1-18-11-13-22(14-12-18)32-28(36)26-23-8-4-5-10-25(23)37-29(26)34-19(2)16-21(20(34)3)17-31-33-27(35)24-9-6-7-15-30-24/h6-7,9,11-17H,4-5,8,10H2,1-3H3,(H,32,36)(H,33,35)/b31-17-. The molecule has 0 spiro atoms. The summed E-state index contributed by atoms with van der Waals surface area (Å²) in [7, 11) is 0. The first-order valence-corrected chi connectivity index (χ1v) is 13.2. The van der Waals surface area contributed by atoms with E-state index >= 15 is 0 Å². The molecule has 0 atom stereocenters. The number of carbonyl (C=O) groups excluding carboxylic acids is 2. The second-order valence-corrected chi connectivity index (χ2v) is 10.4. The molecule has 8 heteroatoms. The van der Waals surface area contributed by atoms with Crippen LogP contribution < -0.4 is 10.7 Å². The van der Waals surface area contributed by atoms with Gasteiger partial charge >= 0.3 is 0 Å². The number of nitrogens with one attached hydrogen (secondary N) is 2. The van der Waals surface area contributed by atoms with Crippen molar-refractivity contribution < 1.29 is 9.59 Å². The lowest BCUT2D eigenvalue weighted by Crippen LogP contribution is -2.18. The highest BCUT2D eigenvalue weighted by Crippen LogP contribution is 2.39. The fourth-order valence-corrected chi connectivity index (χ4v) is 6.22. The number of fused-ring (bicyclic) bond motifs is 1. The summed E-state index contributed by atoms with van der Waals surface area (Å²) in [6, 6.07) is 15.0. The molecule has 2 N–H and O–H groups in total. The van der Waals surface area contributed by atoms with E-state index in [0.29, 0.717) is 5.69 Å². The van der Waals surface area contributed by atoms with Gasteiger partial charge in [-0.3, -0.25) is 14.6 Å². The SMILES string of the molecule is Cc1ccc(NC(=O)c2c(-n3c(C)cc(/C=N\NC(=O)c4ccccn4)c3C)sc3c2CCCC3)cc1. The summed E-state index contributed by atoms with van der Waals surface area (Å²) in [6.07, 6.45) is 7.35. The van der Waals surface area contributed by atoms with Crippen LogP contribution in [0.1, 0.15) is 66.6 Å². The molecular formula is C29H29N5O2S. The second kappa shape index (κ2) is 10.5. The van der Waals surface area contributed by atoms with Gasteiger partial charge in [-0.1, -0.05) is 23.8 Å². The first kappa shape index (κ1) is 24.6. The van der Waals surface area contributed by atoms with Crippen molar-refractivity contribution in [2.24, 2.45) is 5.10 Å². The Balaban J connectivity index is 1.46. The Hall–Kier alpha value is -4.04. The summed E-state index contributed by atoms with van der Waals surface area (Å²) in [4.78, 5) is 31.3. The molecule has 0 saturated heterocycles. The number of hydrogen-bond acceptors (Lipinski definition) is 5. The predicted octanol–water partition coefficient (Wildman–Crippen LogP) is 5.75. The molecule has 0 fully saturated rings. The Kier molecular flexibility index (Phi) is 7.01. The van der Waals surface area contributed by atoms with Crippen LogP contribution in [-0.2, 0) is 12.8 Å². The number of anilines is 1. The van der Waals surface area contributed by atoms with Gasteiger partial charge in [0.1, 0.15) is 10.7 Å². The van der Waals surface area contributed by atoms with Crippen molar-refractivity contribution in [3.05, 3.63) is 98.9 Å². The number of hydrazone groups is 1. The average Bonchev–Trinajstić information content (AvgIpc) is 3.41. The van der Waals surface area contributed by atoms with Gasteiger partial charge in [0, 0.05) is 33.7 Å². The van der Waals surface area contributed by atoms with Crippen molar-refractivity contribution in [1.82, 2.24) is 15.0 Å². The lowest BCUT2D eigenvalue weighted by molar-refractivity contribution is 0.0949. The fraction of sp³-hybridized carbons (Fsp3) is 0.241. The molecule has 0 radical (unpaired) electrons. The van der Waals surface area contributed by atoms with Crippen LogP contribution in [0, 0.1) is 20.8 Å². The van der Waals surface area contributed by atoms with Crippen molar-refractivity contribution in [2.75, 3.05) is 5.32 Å². The summed E-state index contributed by atoms with van der Waals surface area (Å²) in [6.45, 7) is 6.06. The number of amides is 2. The van der Waals surface area contributed by atoms with Gasteiger partial charge in [0.05, 0.1) is 11.8 Å². The minimum absolute atomic E-state index is 0.0800. The highest BCUT2D eigenvalue weighted by molar-refractivity contribution is 7.15. The number of carbonyl (C=O) groups is 2. The minimum Gasteiger partial charge on any atom is -0.322 e. The third-order valence-electron chi connectivity index (χ3n) is 6.63. The van der Waals surface area contributed by atoms with E-state index in [1.807, 2.05) is 51.1 Å². The molecular weight excluding hydrogens is 482 g/mol. The molecule has 3 heterocycles. The number of thiophene rings is 1. The molecule has 1 aromatic carbocycles. The van der Waals surface area contributed by atoms with Crippen molar-refractivity contribution in [1.29, 1.82) is 0 Å². The van der Waals surface area contributed by atoms with Crippen molar-refractivity contribution in [3.8, 4) is 5.00 Å². The number of aryl methyl sites for hydroxylation is 3. The van der Waals surface area contributed by atoms with Crippen molar-refractivity contribution in [2.45, 2.75) is 46.5 Å². The molecule has 0 unspecified atom stereocenters. The van der Waals surface area contributed by atoms with Crippen LogP contribution in [0.5, 0.6) is 0 Å². The smallest absolute Gasteiger partial charge is 0.289 e. The third kappa shape index (κ3) is 5.11. The van der Waals surface area contributed by atoms with E-state index in [4.69, 9.17) is 0 Å². The zero-order valence-electron chi connectivity index (χ0n) is 21.2. The topological polar surface area (TPSA) is 88.4 Å². The first-order chi connectivity index (χ1) is 17.9. The average molecular weight is 512 g/mol. The summed E-state index contributed by atoms with van der Waals surface area (Å²) < 4.78 is 2.13. The Labute approximate surface area is 220 Å². The van der Waals surface area contributed by atoms with Crippen LogP contribution in [-0.4, -0.2) is 27.6 Å². The molecule has 0 bridgehead atoms. The molecule has 37 heavy (non-hydrogen) atoms. The lowest BCUT2D eigenvalue weighted by atomic mass is 9.95. The molecule has 0 saturated carbocycles. The Bertz CT molecular complexity index is 1480. The number of benzene rings is 1. The summed E-state index contributed by atoms with van der Waals surface area (Å²) in [5.41, 5.74) is 9.53. The Morgan fingerprint density at radius 3 is 2.57 bits per heavy atom. The second-order valence-electron chi connectivity index (χ2n) is 9.29. The van der Waals surface area contributed by atoms with E-state index in [2.05, 4.69) is 25.4 Å². The highest BCUT2D eigenvalue weighted by Gasteiger charge is 2.28. The maximum absolute atomic E-state index is 13.6. The van der Waals surface area contributed by atoms with E-state index in [-0.39, 0.29) is 11.8 Å². The van der Waals surface area contributed by atoms with Gasteiger partial charge < -0.3 is 9.88 Å². The van der Waals surface area contributed by atoms with Crippen molar-refractivity contribution in [3.63, 3.8) is 0 Å². The van der Waals surface area contributed by atoms with Crippen molar-refractivity contribution >= 4 is 35.1 Å². The van der Waals surface area contributed by atoms with Gasteiger partial charge in [-0.15, -0.1) is 11.3 Å². The van der Waals surface area contributed by atoms with Gasteiger partial charge in [-0.05, 0) is 82.3 Å². The molecule has 1 aliphatic rings. The monoisotopic (exact) mass is 511 g/mol. The van der Waals surface area contributed by atoms with E-state index < -0.39 is 0 Å². The molecule has 5 rings (SSSR count). The van der Waals surface area contributed by atoms with Gasteiger partial charge in [0.25, 0.3) is 11.8 Å². The van der Waals surface area contributed by atoms with Crippen LogP contribution >= 0.6 is 11.3 Å². The van der Waals surface area contributed by atoms with Crippen LogP contribution in [0.4, 0.5) is 5.69 Å². The maximum atomic E-state index is 13.6. The van der Waals surface area contributed by atoms with Crippen LogP contribution in [0.15, 0.2) is 59.8 Å². The van der Waals surface area contributed by atoms with Crippen LogP contribution in [0.3, 0.4) is 0 Å². The number of hydrogen-bond donors (Lipinski definition) is 2. The zero-order valence-corrected chi connectivity index (χ0v) is 22.0. The summed E-state index contributed by atoms with van der Waals surface area (Å²) >= 11 is 1.70. The molecule has 1 aliphatic carbocycles. The molecule has 188 valence electrons. The Morgan fingerprint density at radius 2 is 1.81 bits per heavy atom. The van der Waals surface area contributed by atoms with Gasteiger partial charge in [-0.25, -0.2) is 5.43 Å². The van der Waals surface area contributed by atoms with E-state index in [0.717, 1.165) is 64.4 Å². The van der Waals surface area contributed by atoms with E-state index in [9.17, 15) is 9.59 Å². The molecule has 7 nitrogen and oxygen atoms in total. The summed E-state index contributed by atoms with van der Waals surface area (Å²) in [5.74, 6) is -0.449. The third-order valence-corrected chi connectivity index (χ3v) is 7.91. The number of nitrogens with zero attached hydrogens (tertiary/aromatic N) is 3. The minimum atomic E-state index is -0.369. The molecule has 2 amide bonds. The number of rotatable bonds is 6. The first-order valence-electron chi connectivity index (χ1n) is 12.4. The van der Waals surface area contributed by atoms with Crippen LogP contribution in [0.25, 0.3) is 5.00 Å². The number of aromatic nitrogens is 2. The molecule has 4 aromatic rings. The Morgan fingerprint density at radius 1 is 1.03 bits per heavy atom. The van der Waals surface area contributed by atoms with Gasteiger partial charge in [-0.2, -0.15) is 5.10 Å². The fourth-order valence-electron chi connectivity index (χ4n) is 4.72. The molecule has 3 aromatic heterocycles. The predicted molar refractivity (Wildman–Crippen MR) is 148 cm³/mol. The number of pyridine rings is 1. The van der Waals surface area contributed by atoms with Crippen LogP contribution in [0.2, 0.25) is 0 Å². The molecule has 0 aliphatic heterocycles. The normalized spacial score (nSPS) is 12.9. The van der Waals surface area contributed by atoms with Gasteiger partial charge in [0.2, 0.25) is 0 Å². The van der Waals surface area contributed by atoms with E-state index in [1.165, 1.54) is 10.4 Å². The maximum Gasteiger partial charge on any atom is 0.289 e. The highest BCUT2D eigenvalue weighted by atomic mass is 32.1. The lowest BCUT2D eigenvalue weighted by Gasteiger charge is -2.14. The largest absolute Gasteiger partial charge is 0.322 e. The van der Waals surface area contributed by atoms with Gasteiger partial charge in [0.15, 0.2) is 0 Å². The summed E-state index contributed by atoms with van der Waals surface area (Å²) in [5, 5.41) is 8.21. The zero-order chi connectivity index (χ0) is 25.9.